The van der Waals surface area contributed by atoms with Crippen molar-refractivity contribution < 1.29 is 0 Å². The van der Waals surface area contributed by atoms with Gasteiger partial charge < -0.3 is 5.32 Å². The van der Waals surface area contributed by atoms with Gasteiger partial charge in [-0.3, -0.25) is 0 Å². The first-order chi connectivity index (χ1) is 8.33. The van der Waals surface area contributed by atoms with E-state index in [2.05, 4.69) is 15.3 Å². The highest BCUT2D eigenvalue weighted by Gasteiger charge is 2.40. The zero-order valence-electron chi connectivity index (χ0n) is 10.5. The summed E-state index contributed by atoms with van der Waals surface area (Å²) in [6.45, 7) is 4.01. The van der Waals surface area contributed by atoms with Gasteiger partial charge in [0, 0.05) is 12.7 Å². The maximum Gasteiger partial charge on any atom is 0.125 e. The number of rotatable bonds is 6. The standard InChI is InChI=1S/C14H21N3/c1-10-16-7-6-13(17-10)8-15-9-14(11-2-3-11)12-4-5-12/h6-7,11-12,14-15H,2-5,8-9H2,1H3. The molecular weight excluding hydrogens is 210 g/mol. The lowest BCUT2D eigenvalue weighted by Gasteiger charge is -2.16. The topological polar surface area (TPSA) is 37.8 Å². The van der Waals surface area contributed by atoms with Crippen LogP contribution in [0.2, 0.25) is 0 Å². The molecule has 0 aliphatic heterocycles. The second-order valence-corrected chi connectivity index (χ2v) is 5.56. The quantitative estimate of drug-likeness (QED) is 0.816. The summed E-state index contributed by atoms with van der Waals surface area (Å²) in [7, 11) is 0. The molecule has 92 valence electrons. The predicted molar refractivity (Wildman–Crippen MR) is 67.4 cm³/mol. The SMILES string of the molecule is Cc1nccc(CNCC(C2CC2)C2CC2)n1. The minimum atomic E-state index is 0.866. The third kappa shape index (κ3) is 3.03. The maximum absolute atomic E-state index is 4.42. The molecule has 1 heterocycles. The summed E-state index contributed by atoms with van der Waals surface area (Å²) in [5.41, 5.74) is 1.11. The van der Waals surface area contributed by atoms with Gasteiger partial charge in [0.25, 0.3) is 0 Å². The largest absolute Gasteiger partial charge is 0.311 e. The van der Waals surface area contributed by atoms with Gasteiger partial charge in [0.15, 0.2) is 0 Å². The Hall–Kier alpha value is -0.960. The van der Waals surface area contributed by atoms with Crippen LogP contribution in [0.4, 0.5) is 0 Å². The van der Waals surface area contributed by atoms with Crippen LogP contribution >= 0.6 is 0 Å². The number of nitrogens with zero attached hydrogens (tertiary/aromatic N) is 2. The van der Waals surface area contributed by atoms with E-state index in [1.807, 2.05) is 19.2 Å². The van der Waals surface area contributed by atoms with Gasteiger partial charge in [-0.25, -0.2) is 9.97 Å². The summed E-state index contributed by atoms with van der Waals surface area (Å²) >= 11 is 0. The number of aryl methyl sites for hydroxylation is 1. The third-order valence-corrected chi connectivity index (χ3v) is 3.97. The highest BCUT2D eigenvalue weighted by molar-refractivity contribution is 5.01. The lowest BCUT2D eigenvalue weighted by Crippen LogP contribution is -2.25. The molecule has 1 aromatic rings. The fraction of sp³-hybridized carbons (Fsp3) is 0.714. The van der Waals surface area contributed by atoms with Crippen molar-refractivity contribution in [3.63, 3.8) is 0 Å². The first kappa shape index (κ1) is 11.1. The molecule has 2 aliphatic carbocycles. The van der Waals surface area contributed by atoms with E-state index in [4.69, 9.17) is 0 Å². The molecule has 0 aromatic carbocycles. The van der Waals surface area contributed by atoms with Gasteiger partial charge in [-0.1, -0.05) is 0 Å². The summed E-state index contributed by atoms with van der Waals surface area (Å²) in [6.07, 6.45) is 7.72. The smallest absolute Gasteiger partial charge is 0.125 e. The van der Waals surface area contributed by atoms with Crippen LogP contribution in [0.1, 0.15) is 37.2 Å². The van der Waals surface area contributed by atoms with Gasteiger partial charge in [-0.05, 0) is 63.0 Å². The van der Waals surface area contributed by atoms with Crippen molar-refractivity contribution in [1.29, 1.82) is 0 Å². The summed E-state index contributed by atoms with van der Waals surface area (Å²) in [4.78, 5) is 8.54. The van der Waals surface area contributed by atoms with E-state index < -0.39 is 0 Å². The highest BCUT2D eigenvalue weighted by atomic mass is 14.9. The minimum absolute atomic E-state index is 0.866. The Bertz CT molecular complexity index is 371. The molecule has 2 fully saturated rings. The molecule has 2 saturated carbocycles. The Balaban J connectivity index is 1.47. The van der Waals surface area contributed by atoms with Crippen molar-refractivity contribution in [1.82, 2.24) is 15.3 Å². The minimum Gasteiger partial charge on any atom is -0.311 e. The van der Waals surface area contributed by atoms with Crippen molar-refractivity contribution >= 4 is 0 Å². The molecule has 0 saturated heterocycles. The second-order valence-electron chi connectivity index (χ2n) is 5.56. The number of nitrogens with one attached hydrogen (secondary N) is 1. The van der Waals surface area contributed by atoms with Crippen molar-refractivity contribution in [3.8, 4) is 0 Å². The highest BCUT2D eigenvalue weighted by Crippen LogP contribution is 2.48. The monoisotopic (exact) mass is 231 g/mol. The molecule has 0 bridgehead atoms. The lowest BCUT2D eigenvalue weighted by atomic mass is 9.98. The van der Waals surface area contributed by atoms with E-state index >= 15 is 0 Å². The van der Waals surface area contributed by atoms with Gasteiger partial charge >= 0.3 is 0 Å². The molecule has 3 heteroatoms. The molecular formula is C14H21N3. The van der Waals surface area contributed by atoms with Crippen molar-refractivity contribution in [2.45, 2.75) is 39.2 Å². The molecule has 0 unspecified atom stereocenters. The second kappa shape index (κ2) is 4.73. The van der Waals surface area contributed by atoms with Gasteiger partial charge in [-0.2, -0.15) is 0 Å². The number of hydrogen-bond acceptors (Lipinski definition) is 3. The fourth-order valence-electron chi connectivity index (χ4n) is 2.74. The Morgan fingerprint density at radius 3 is 2.59 bits per heavy atom. The van der Waals surface area contributed by atoms with Gasteiger partial charge in [0.1, 0.15) is 5.82 Å². The molecule has 1 aromatic heterocycles. The summed E-state index contributed by atoms with van der Waals surface area (Å²) in [5, 5.41) is 3.58. The van der Waals surface area contributed by atoms with Gasteiger partial charge in [0.2, 0.25) is 0 Å². The molecule has 1 N–H and O–H groups in total. The fourth-order valence-corrected chi connectivity index (χ4v) is 2.74. The molecule has 2 aliphatic rings. The van der Waals surface area contributed by atoms with Crippen molar-refractivity contribution in [2.75, 3.05) is 6.54 Å². The van der Waals surface area contributed by atoms with E-state index in [1.54, 1.807) is 0 Å². The number of aromatic nitrogens is 2. The average molecular weight is 231 g/mol. The van der Waals surface area contributed by atoms with Gasteiger partial charge in [-0.15, -0.1) is 0 Å². The van der Waals surface area contributed by atoms with Crippen LogP contribution in [0, 0.1) is 24.7 Å². The van der Waals surface area contributed by atoms with E-state index in [0.29, 0.717) is 0 Å². The Labute approximate surface area is 103 Å². The maximum atomic E-state index is 4.42. The van der Waals surface area contributed by atoms with E-state index in [9.17, 15) is 0 Å². The van der Waals surface area contributed by atoms with Crippen LogP contribution < -0.4 is 5.32 Å². The number of hydrogen-bond donors (Lipinski definition) is 1. The van der Waals surface area contributed by atoms with Crippen LogP contribution in [0.15, 0.2) is 12.3 Å². The molecule has 0 spiro atoms. The molecule has 0 atom stereocenters. The van der Waals surface area contributed by atoms with Crippen molar-refractivity contribution in [3.05, 3.63) is 23.8 Å². The zero-order valence-corrected chi connectivity index (χ0v) is 10.5. The summed E-state index contributed by atoms with van der Waals surface area (Å²) < 4.78 is 0. The molecule has 0 radical (unpaired) electrons. The Morgan fingerprint density at radius 1 is 1.29 bits per heavy atom. The summed E-state index contributed by atoms with van der Waals surface area (Å²) in [5.74, 6) is 3.87. The van der Waals surface area contributed by atoms with E-state index in [0.717, 1.165) is 35.8 Å². The average Bonchev–Trinajstić information content (AvgIpc) is 3.15. The normalized spacial score (nSPS) is 19.9. The summed E-state index contributed by atoms with van der Waals surface area (Å²) in [6, 6.07) is 2.00. The first-order valence-corrected chi connectivity index (χ1v) is 6.82. The third-order valence-electron chi connectivity index (χ3n) is 3.97. The predicted octanol–water partition coefficient (Wildman–Crippen LogP) is 2.31. The zero-order chi connectivity index (χ0) is 11.7. The molecule has 0 amide bonds. The Morgan fingerprint density at radius 2 is 2.00 bits per heavy atom. The van der Waals surface area contributed by atoms with Gasteiger partial charge in [0.05, 0.1) is 5.69 Å². The van der Waals surface area contributed by atoms with Crippen LogP contribution in [-0.2, 0) is 6.54 Å². The van der Waals surface area contributed by atoms with Crippen LogP contribution in [-0.4, -0.2) is 16.5 Å². The molecule has 17 heavy (non-hydrogen) atoms. The lowest BCUT2D eigenvalue weighted by molar-refractivity contribution is 0.377. The molecule has 3 rings (SSSR count). The Kier molecular flexibility index (Phi) is 3.10. The van der Waals surface area contributed by atoms with E-state index in [1.165, 1.54) is 32.2 Å². The van der Waals surface area contributed by atoms with E-state index in [-0.39, 0.29) is 0 Å². The molecule has 3 nitrogen and oxygen atoms in total. The van der Waals surface area contributed by atoms with Crippen LogP contribution in [0.25, 0.3) is 0 Å². The first-order valence-electron chi connectivity index (χ1n) is 6.82. The van der Waals surface area contributed by atoms with Crippen LogP contribution in [0.3, 0.4) is 0 Å². The van der Waals surface area contributed by atoms with Crippen molar-refractivity contribution in [2.24, 2.45) is 17.8 Å². The van der Waals surface area contributed by atoms with Crippen LogP contribution in [0.5, 0.6) is 0 Å².